The van der Waals surface area contributed by atoms with Gasteiger partial charge in [-0.05, 0) is 62.2 Å². The highest BCUT2D eigenvalue weighted by molar-refractivity contribution is 6.09. The highest BCUT2D eigenvalue weighted by atomic mass is 16.5. The molecule has 0 fully saturated rings. The largest absolute Gasteiger partial charge is 0.472 e. The lowest BCUT2D eigenvalue weighted by Crippen LogP contribution is -2.32. The van der Waals surface area contributed by atoms with Crippen LogP contribution in [0.3, 0.4) is 0 Å². The van der Waals surface area contributed by atoms with Gasteiger partial charge in [0, 0.05) is 69.1 Å². The normalized spacial score (nSPS) is 13.3. The van der Waals surface area contributed by atoms with Crippen molar-refractivity contribution in [2.75, 3.05) is 11.6 Å². The molecule has 1 aliphatic heterocycles. The molecule has 0 N–H and O–H groups in total. The summed E-state index contributed by atoms with van der Waals surface area (Å²) in [4.78, 5) is 15.3. The van der Waals surface area contributed by atoms with Crippen molar-refractivity contribution in [3.63, 3.8) is 0 Å². The van der Waals surface area contributed by atoms with Gasteiger partial charge in [0.05, 0.1) is 0 Å². The monoisotopic (exact) mass is 514 g/mol. The van der Waals surface area contributed by atoms with Crippen molar-refractivity contribution < 1.29 is 9.15 Å². The second kappa shape index (κ2) is 9.05. The highest BCUT2D eigenvalue weighted by Crippen LogP contribution is 2.39. The maximum Gasteiger partial charge on any atom is 0.340 e. The van der Waals surface area contributed by atoms with Gasteiger partial charge in [-0.1, -0.05) is 48.5 Å². The lowest BCUT2D eigenvalue weighted by atomic mass is 9.96. The molecular weight excluding hydrogens is 484 g/mol. The number of ether oxygens (including phenoxy) is 1. The van der Waals surface area contributed by atoms with E-state index in [0.717, 1.165) is 52.2 Å². The molecule has 3 heterocycles. The van der Waals surface area contributed by atoms with Gasteiger partial charge in [-0.3, -0.25) is 0 Å². The molecule has 5 nitrogen and oxygen atoms in total. The van der Waals surface area contributed by atoms with Gasteiger partial charge >= 0.3 is 5.63 Å². The number of aryl methyl sites for hydroxylation is 3. The second-order valence-electron chi connectivity index (χ2n) is 10.5. The molecule has 0 saturated heterocycles. The quantitative estimate of drug-likeness (QED) is 0.229. The summed E-state index contributed by atoms with van der Waals surface area (Å²) in [7, 11) is 0. The molecule has 1 aliphatic rings. The fourth-order valence-electron chi connectivity index (χ4n) is 6.19. The van der Waals surface area contributed by atoms with E-state index in [1.54, 1.807) is 0 Å². The van der Waals surface area contributed by atoms with Gasteiger partial charge in [0.1, 0.15) is 11.3 Å². The molecule has 7 rings (SSSR count). The Bertz CT molecular complexity index is 1950. The van der Waals surface area contributed by atoms with E-state index in [2.05, 4.69) is 64.9 Å². The lowest BCUT2D eigenvalue weighted by molar-refractivity contribution is 0.287. The van der Waals surface area contributed by atoms with Crippen LogP contribution in [0.2, 0.25) is 0 Å². The van der Waals surface area contributed by atoms with Gasteiger partial charge < -0.3 is 18.6 Å². The molecule has 0 unspecified atom stereocenters. The molecular formula is C34H30N2O3. The minimum atomic E-state index is -0.274. The van der Waals surface area contributed by atoms with Crippen LogP contribution in [-0.2, 0) is 19.5 Å². The van der Waals surface area contributed by atoms with E-state index in [1.807, 2.05) is 44.2 Å². The van der Waals surface area contributed by atoms with E-state index in [9.17, 15) is 4.79 Å². The summed E-state index contributed by atoms with van der Waals surface area (Å²) in [5.74, 6) is 0.820. The number of para-hydroxylation sites is 1. The Hall–Kier alpha value is -4.51. The number of nitrogens with zero attached hydrogens (tertiary/aromatic N) is 2. The van der Waals surface area contributed by atoms with E-state index < -0.39 is 0 Å². The van der Waals surface area contributed by atoms with Crippen molar-refractivity contribution in [1.82, 2.24) is 4.57 Å². The van der Waals surface area contributed by atoms with Crippen molar-refractivity contribution in [1.29, 1.82) is 0 Å². The van der Waals surface area contributed by atoms with E-state index >= 15 is 0 Å². The summed E-state index contributed by atoms with van der Waals surface area (Å²) in [5, 5.41) is 3.50. The first-order chi connectivity index (χ1) is 19.0. The number of anilines is 1. The zero-order valence-corrected chi connectivity index (χ0v) is 22.5. The molecule has 2 aromatic heterocycles. The number of hydrogen-bond acceptors (Lipinski definition) is 4. The molecule has 4 aromatic carbocycles. The fourth-order valence-corrected chi connectivity index (χ4v) is 6.19. The number of fused-ring (bicyclic) bond motifs is 5. The van der Waals surface area contributed by atoms with Gasteiger partial charge in [0.2, 0.25) is 0 Å². The molecule has 39 heavy (non-hydrogen) atoms. The van der Waals surface area contributed by atoms with Gasteiger partial charge in [-0.15, -0.1) is 0 Å². The van der Waals surface area contributed by atoms with Crippen LogP contribution in [0.15, 0.2) is 88.1 Å². The molecule has 194 valence electrons. The minimum absolute atomic E-state index is 0.274. The van der Waals surface area contributed by atoms with Crippen LogP contribution >= 0.6 is 0 Å². The lowest BCUT2D eigenvalue weighted by Gasteiger charge is -2.32. The van der Waals surface area contributed by atoms with E-state index in [1.165, 1.54) is 21.8 Å². The Balaban J connectivity index is 1.30. The van der Waals surface area contributed by atoms with E-state index in [4.69, 9.17) is 9.15 Å². The molecule has 0 bridgehead atoms. The Morgan fingerprint density at radius 2 is 1.59 bits per heavy atom. The first kappa shape index (κ1) is 23.6. The zero-order chi connectivity index (χ0) is 26.7. The van der Waals surface area contributed by atoms with Crippen molar-refractivity contribution in [3.05, 3.63) is 117 Å². The summed E-state index contributed by atoms with van der Waals surface area (Å²) < 4.78 is 14.6. The summed E-state index contributed by atoms with van der Waals surface area (Å²) in [6, 6.07) is 27.5. The maximum atomic E-state index is 13.0. The summed E-state index contributed by atoms with van der Waals surface area (Å²) in [6.45, 7) is 8.29. The summed E-state index contributed by atoms with van der Waals surface area (Å²) in [5.41, 5.74) is 8.75. The first-order valence-corrected chi connectivity index (χ1v) is 13.5. The standard InChI is InChI=1S/C34H30N2O3/c1-4-36-30-13-9-8-12-26(30)29-18-25(14-15-31(29)36)35-19-24-17-27-21(2)28(16-23-10-6-5-7-11-23)34(37)39-33(27)22(3)32(24)38-20-35/h5-15,17-18H,4,16,19-20H2,1-3H3. The topological polar surface area (TPSA) is 47.6 Å². The smallest absolute Gasteiger partial charge is 0.340 e. The third-order valence-electron chi connectivity index (χ3n) is 8.22. The molecule has 0 atom stereocenters. The molecule has 5 heteroatoms. The molecule has 0 radical (unpaired) electrons. The van der Waals surface area contributed by atoms with Crippen LogP contribution in [-0.4, -0.2) is 11.3 Å². The van der Waals surface area contributed by atoms with Gasteiger partial charge in [-0.25, -0.2) is 4.79 Å². The van der Waals surface area contributed by atoms with E-state index in [-0.39, 0.29) is 5.63 Å². The zero-order valence-electron chi connectivity index (χ0n) is 22.5. The predicted molar refractivity (Wildman–Crippen MR) is 158 cm³/mol. The van der Waals surface area contributed by atoms with Crippen molar-refractivity contribution in [2.24, 2.45) is 0 Å². The summed E-state index contributed by atoms with van der Waals surface area (Å²) in [6.07, 6.45) is 0.551. The van der Waals surface area contributed by atoms with Crippen LogP contribution < -0.4 is 15.3 Å². The van der Waals surface area contributed by atoms with Crippen molar-refractivity contribution >= 4 is 38.5 Å². The van der Waals surface area contributed by atoms with Crippen LogP contribution in [0.25, 0.3) is 32.8 Å². The maximum absolute atomic E-state index is 13.0. The number of rotatable bonds is 4. The number of aromatic nitrogens is 1. The molecule has 0 amide bonds. The Morgan fingerprint density at radius 3 is 2.41 bits per heavy atom. The van der Waals surface area contributed by atoms with Crippen LogP contribution in [0, 0.1) is 13.8 Å². The number of benzene rings is 4. The highest BCUT2D eigenvalue weighted by Gasteiger charge is 2.25. The predicted octanol–water partition coefficient (Wildman–Crippen LogP) is 7.48. The van der Waals surface area contributed by atoms with Crippen molar-refractivity contribution in [3.8, 4) is 5.75 Å². The van der Waals surface area contributed by atoms with Crippen LogP contribution in [0.5, 0.6) is 5.75 Å². The molecule has 0 saturated carbocycles. The van der Waals surface area contributed by atoms with Crippen molar-refractivity contribution in [2.45, 2.75) is 40.3 Å². The molecule has 6 aromatic rings. The average Bonchev–Trinajstić information content (AvgIpc) is 3.29. The van der Waals surface area contributed by atoms with Crippen LogP contribution in [0.4, 0.5) is 5.69 Å². The second-order valence-corrected chi connectivity index (χ2v) is 10.5. The van der Waals surface area contributed by atoms with Gasteiger partial charge in [0.15, 0.2) is 6.73 Å². The third kappa shape index (κ3) is 3.72. The first-order valence-electron chi connectivity index (χ1n) is 13.5. The Morgan fingerprint density at radius 1 is 0.821 bits per heavy atom. The van der Waals surface area contributed by atoms with E-state index in [0.29, 0.717) is 24.3 Å². The minimum Gasteiger partial charge on any atom is -0.472 e. The Kier molecular flexibility index (Phi) is 5.48. The van der Waals surface area contributed by atoms with Crippen LogP contribution in [0.1, 0.15) is 34.7 Å². The Labute approximate surface area is 226 Å². The summed E-state index contributed by atoms with van der Waals surface area (Å²) >= 11 is 0. The average molecular weight is 515 g/mol. The van der Waals surface area contributed by atoms with Gasteiger partial charge in [0.25, 0.3) is 0 Å². The number of hydrogen-bond donors (Lipinski definition) is 0. The SMILES string of the molecule is CCn1c2ccccc2c2cc(N3COc4c(cc5c(C)c(Cc6ccccc6)c(=O)oc5c4C)C3)ccc21. The molecule has 0 aliphatic carbocycles. The molecule has 0 spiro atoms. The fraction of sp³-hybridized carbons (Fsp3) is 0.206. The third-order valence-corrected chi connectivity index (χ3v) is 8.22. The van der Waals surface area contributed by atoms with Gasteiger partial charge in [-0.2, -0.15) is 0 Å².